The van der Waals surface area contributed by atoms with Crippen LogP contribution in [0.4, 0.5) is 11.4 Å². The van der Waals surface area contributed by atoms with Crippen LogP contribution in [-0.4, -0.2) is 33.2 Å². The molecule has 0 atom stereocenters. The Hall–Kier alpha value is -3.65. The maximum atomic E-state index is 12.8. The lowest BCUT2D eigenvalue weighted by Crippen LogP contribution is -2.29. The van der Waals surface area contributed by atoms with Crippen molar-refractivity contribution in [2.75, 3.05) is 22.5 Å². The molecule has 0 saturated carbocycles. The number of aryl methyl sites for hydroxylation is 2. The molecule has 1 N–H and O–H groups in total. The summed E-state index contributed by atoms with van der Waals surface area (Å²) in [6.07, 6.45) is 1.15. The SMILES string of the molecule is CCOC(=O)c1ccc(C)c(NC(=O)c2ccc(N(Cc3ccc(C)cc3)S(C)(=O)=O)cc2)c1. The fourth-order valence-corrected chi connectivity index (χ4v) is 4.22. The molecular formula is C26H28N2O5S. The van der Waals surface area contributed by atoms with Crippen LogP contribution in [0.5, 0.6) is 0 Å². The third-order valence-corrected chi connectivity index (χ3v) is 6.40. The number of carbonyl (C=O) groups is 2. The first-order chi connectivity index (χ1) is 16.1. The number of esters is 1. The van der Waals surface area contributed by atoms with Crippen molar-refractivity contribution in [3.05, 3.63) is 94.5 Å². The molecule has 1 amide bonds. The van der Waals surface area contributed by atoms with Gasteiger partial charge in [-0.1, -0.05) is 35.9 Å². The summed E-state index contributed by atoms with van der Waals surface area (Å²) in [4.78, 5) is 24.8. The summed E-state index contributed by atoms with van der Waals surface area (Å²) in [5.41, 5.74) is 4.39. The number of carbonyl (C=O) groups excluding carboxylic acids is 2. The number of sulfonamides is 1. The summed E-state index contributed by atoms with van der Waals surface area (Å²) < 4.78 is 31.2. The van der Waals surface area contributed by atoms with Crippen LogP contribution in [0.1, 0.15) is 44.3 Å². The minimum Gasteiger partial charge on any atom is -0.462 e. The van der Waals surface area contributed by atoms with E-state index in [4.69, 9.17) is 4.74 Å². The number of benzene rings is 3. The zero-order valence-electron chi connectivity index (χ0n) is 19.7. The Labute approximate surface area is 200 Å². The summed E-state index contributed by atoms with van der Waals surface area (Å²) in [7, 11) is -3.54. The minimum absolute atomic E-state index is 0.185. The molecule has 7 nitrogen and oxygen atoms in total. The van der Waals surface area contributed by atoms with Gasteiger partial charge in [-0.15, -0.1) is 0 Å². The first kappa shape index (κ1) is 25.0. The molecule has 8 heteroatoms. The lowest BCUT2D eigenvalue weighted by atomic mass is 10.1. The normalized spacial score (nSPS) is 11.1. The quantitative estimate of drug-likeness (QED) is 0.472. The van der Waals surface area contributed by atoms with Crippen molar-refractivity contribution >= 4 is 33.3 Å². The van der Waals surface area contributed by atoms with Gasteiger partial charge in [0.15, 0.2) is 0 Å². The van der Waals surface area contributed by atoms with Crippen molar-refractivity contribution in [1.82, 2.24) is 0 Å². The van der Waals surface area contributed by atoms with E-state index in [1.807, 2.05) is 38.1 Å². The molecule has 0 spiro atoms. The predicted molar refractivity (Wildman–Crippen MR) is 134 cm³/mol. The van der Waals surface area contributed by atoms with E-state index in [2.05, 4.69) is 5.32 Å². The van der Waals surface area contributed by atoms with Gasteiger partial charge in [0.2, 0.25) is 10.0 Å². The van der Waals surface area contributed by atoms with Crippen LogP contribution in [0.3, 0.4) is 0 Å². The van der Waals surface area contributed by atoms with Gasteiger partial charge in [-0.05, 0) is 68.3 Å². The molecule has 0 unspecified atom stereocenters. The van der Waals surface area contributed by atoms with Gasteiger partial charge in [0.1, 0.15) is 0 Å². The maximum absolute atomic E-state index is 12.8. The van der Waals surface area contributed by atoms with Gasteiger partial charge >= 0.3 is 5.97 Å². The van der Waals surface area contributed by atoms with Gasteiger partial charge in [0.25, 0.3) is 5.91 Å². The number of rotatable bonds is 8. The lowest BCUT2D eigenvalue weighted by Gasteiger charge is -2.23. The lowest BCUT2D eigenvalue weighted by molar-refractivity contribution is 0.0526. The van der Waals surface area contributed by atoms with Crippen molar-refractivity contribution in [2.45, 2.75) is 27.3 Å². The highest BCUT2D eigenvalue weighted by Gasteiger charge is 2.19. The number of hydrogen-bond acceptors (Lipinski definition) is 5. The van der Waals surface area contributed by atoms with Gasteiger partial charge in [-0.2, -0.15) is 0 Å². The molecule has 34 heavy (non-hydrogen) atoms. The molecule has 0 aliphatic rings. The summed E-state index contributed by atoms with van der Waals surface area (Å²) in [6.45, 7) is 5.96. The van der Waals surface area contributed by atoms with Crippen LogP contribution >= 0.6 is 0 Å². The number of nitrogens with one attached hydrogen (secondary N) is 1. The van der Waals surface area contributed by atoms with Crippen molar-refractivity contribution in [2.24, 2.45) is 0 Å². The zero-order valence-corrected chi connectivity index (χ0v) is 20.5. The maximum Gasteiger partial charge on any atom is 0.338 e. The van der Waals surface area contributed by atoms with Gasteiger partial charge in [0.05, 0.1) is 30.7 Å². The third-order valence-electron chi connectivity index (χ3n) is 5.26. The van der Waals surface area contributed by atoms with E-state index in [1.54, 1.807) is 49.4 Å². The Morgan fingerprint density at radius 1 is 0.912 bits per heavy atom. The number of nitrogens with zero attached hydrogens (tertiary/aromatic N) is 1. The molecule has 0 saturated heterocycles. The molecule has 0 aromatic heterocycles. The molecule has 0 radical (unpaired) electrons. The standard InChI is InChI=1S/C26H28N2O5S/c1-5-33-26(30)22-11-8-19(3)24(16-22)27-25(29)21-12-14-23(15-13-21)28(34(4,31)32)17-20-9-6-18(2)7-10-20/h6-16H,5,17H2,1-4H3,(H,27,29). The average molecular weight is 481 g/mol. The highest BCUT2D eigenvalue weighted by Crippen LogP contribution is 2.23. The second-order valence-electron chi connectivity index (χ2n) is 8.01. The van der Waals surface area contributed by atoms with Crippen LogP contribution in [0, 0.1) is 13.8 Å². The Kier molecular flexibility index (Phi) is 7.73. The van der Waals surface area contributed by atoms with Crippen LogP contribution < -0.4 is 9.62 Å². The van der Waals surface area contributed by atoms with Crippen molar-refractivity contribution in [3.63, 3.8) is 0 Å². The Bertz CT molecular complexity index is 1280. The second kappa shape index (κ2) is 10.5. The van der Waals surface area contributed by atoms with E-state index >= 15 is 0 Å². The highest BCUT2D eigenvalue weighted by molar-refractivity contribution is 7.92. The monoisotopic (exact) mass is 480 g/mol. The van der Waals surface area contributed by atoms with Gasteiger partial charge in [0, 0.05) is 11.3 Å². The van der Waals surface area contributed by atoms with E-state index < -0.39 is 16.0 Å². The van der Waals surface area contributed by atoms with Gasteiger partial charge in [-0.3, -0.25) is 9.10 Å². The molecular weight excluding hydrogens is 452 g/mol. The largest absolute Gasteiger partial charge is 0.462 e. The molecule has 178 valence electrons. The second-order valence-corrected chi connectivity index (χ2v) is 9.91. The molecule has 0 bridgehead atoms. The topological polar surface area (TPSA) is 92.8 Å². The average Bonchev–Trinajstić information content (AvgIpc) is 2.79. The van der Waals surface area contributed by atoms with Crippen LogP contribution in [0.15, 0.2) is 66.7 Å². The Balaban J connectivity index is 1.80. The third kappa shape index (κ3) is 6.23. The van der Waals surface area contributed by atoms with Crippen molar-refractivity contribution in [3.8, 4) is 0 Å². The summed E-state index contributed by atoms with van der Waals surface area (Å²) >= 11 is 0. The molecule has 3 aromatic rings. The molecule has 0 aliphatic carbocycles. The number of ether oxygens (including phenoxy) is 1. The van der Waals surface area contributed by atoms with Crippen LogP contribution in [0.25, 0.3) is 0 Å². The van der Waals surface area contributed by atoms with Gasteiger partial charge < -0.3 is 10.1 Å². The van der Waals surface area contributed by atoms with E-state index in [1.165, 1.54) is 4.31 Å². The zero-order chi connectivity index (χ0) is 24.9. The van der Waals surface area contributed by atoms with E-state index in [0.29, 0.717) is 22.5 Å². The number of amides is 1. The predicted octanol–water partition coefficient (Wildman–Crippen LogP) is 4.70. The first-order valence-electron chi connectivity index (χ1n) is 10.8. The van der Waals surface area contributed by atoms with E-state index in [9.17, 15) is 18.0 Å². The fourth-order valence-electron chi connectivity index (χ4n) is 3.33. The fraction of sp³-hybridized carbons (Fsp3) is 0.231. The minimum atomic E-state index is -3.54. The van der Waals surface area contributed by atoms with Gasteiger partial charge in [-0.25, -0.2) is 13.2 Å². The molecule has 0 heterocycles. The highest BCUT2D eigenvalue weighted by atomic mass is 32.2. The van der Waals surface area contributed by atoms with Crippen LogP contribution in [-0.2, 0) is 21.3 Å². The molecule has 0 fully saturated rings. The van der Waals surface area contributed by atoms with Crippen molar-refractivity contribution < 1.29 is 22.7 Å². The Morgan fingerprint density at radius 3 is 2.12 bits per heavy atom. The smallest absolute Gasteiger partial charge is 0.338 e. The summed E-state index contributed by atoms with van der Waals surface area (Å²) in [6, 6.07) is 19.0. The number of hydrogen-bond donors (Lipinski definition) is 1. The van der Waals surface area contributed by atoms with Crippen LogP contribution in [0.2, 0.25) is 0 Å². The number of anilines is 2. The van der Waals surface area contributed by atoms with E-state index in [0.717, 1.165) is 22.9 Å². The summed E-state index contributed by atoms with van der Waals surface area (Å²) in [5, 5.41) is 2.81. The first-order valence-corrected chi connectivity index (χ1v) is 12.7. The molecule has 0 aliphatic heterocycles. The molecule has 3 rings (SSSR count). The Morgan fingerprint density at radius 2 is 1.53 bits per heavy atom. The van der Waals surface area contributed by atoms with Crippen molar-refractivity contribution in [1.29, 1.82) is 0 Å². The van der Waals surface area contributed by atoms with E-state index in [-0.39, 0.29) is 19.1 Å². The molecule has 3 aromatic carbocycles. The summed E-state index contributed by atoms with van der Waals surface area (Å²) in [5.74, 6) is -0.836.